The highest BCUT2D eigenvalue weighted by Gasteiger charge is 2.19. The van der Waals surface area contributed by atoms with Crippen LogP contribution in [0.25, 0.3) is 0 Å². The second-order valence-electron chi connectivity index (χ2n) is 2.55. The van der Waals surface area contributed by atoms with Crippen LogP contribution in [0, 0.1) is 0 Å². The van der Waals surface area contributed by atoms with Crippen molar-refractivity contribution in [3.8, 4) is 0 Å². The molecule has 3 nitrogen and oxygen atoms in total. The van der Waals surface area contributed by atoms with E-state index < -0.39 is 5.97 Å². The molecular formula is C7H7NO2S. The van der Waals surface area contributed by atoms with Crippen LogP contribution >= 0.6 is 11.3 Å². The highest BCUT2D eigenvalue weighted by molar-refractivity contribution is 7.13. The van der Waals surface area contributed by atoms with E-state index in [4.69, 9.17) is 5.11 Å². The third-order valence-corrected chi connectivity index (χ3v) is 2.92. The first-order valence-electron chi connectivity index (χ1n) is 3.49. The lowest BCUT2D eigenvalue weighted by molar-refractivity contribution is 0.0696. The van der Waals surface area contributed by atoms with Crippen molar-refractivity contribution in [1.82, 2.24) is 4.98 Å². The Kier molecular flexibility index (Phi) is 1.42. The lowest BCUT2D eigenvalue weighted by Gasteiger charge is -1.84. The van der Waals surface area contributed by atoms with E-state index in [2.05, 4.69) is 4.98 Å². The van der Waals surface area contributed by atoms with Crippen molar-refractivity contribution < 1.29 is 9.90 Å². The zero-order valence-corrected chi connectivity index (χ0v) is 6.65. The van der Waals surface area contributed by atoms with Gasteiger partial charge in [-0.05, 0) is 19.3 Å². The zero-order chi connectivity index (χ0) is 7.84. The van der Waals surface area contributed by atoms with Crippen LogP contribution in [0.4, 0.5) is 0 Å². The van der Waals surface area contributed by atoms with Gasteiger partial charge in [0.15, 0.2) is 0 Å². The molecule has 1 heterocycles. The summed E-state index contributed by atoms with van der Waals surface area (Å²) in [4.78, 5) is 15.6. The summed E-state index contributed by atoms with van der Waals surface area (Å²) < 4.78 is 0. The predicted molar refractivity (Wildman–Crippen MR) is 41.1 cm³/mol. The molecule has 1 aromatic rings. The average molecular weight is 169 g/mol. The first-order chi connectivity index (χ1) is 5.27. The number of carboxylic acids is 1. The van der Waals surface area contributed by atoms with E-state index in [1.54, 1.807) is 0 Å². The van der Waals surface area contributed by atoms with Crippen LogP contribution in [-0.4, -0.2) is 16.1 Å². The average Bonchev–Trinajstić information content (AvgIpc) is 2.40. The molecule has 0 bridgehead atoms. The van der Waals surface area contributed by atoms with Crippen molar-refractivity contribution in [2.24, 2.45) is 0 Å². The zero-order valence-electron chi connectivity index (χ0n) is 5.83. The molecule has 0 spiro atoms. The molecule has 58 valence electrons. The second kappa shape index (κ2) is 2.30. The van der Waals surface area contributed by atoms with E-state index in [1.165, 1.54) is 16.2 Å². The first kappa shape index (κ1) is 6.79. The monoisotopic (exact) mass is 169 g/mol. The first-order valence-corrected chi connectivity index (χ1v) is 4.31. The van der Waals surface area contributed by atoms with Gasteiger partial charge >= 0.3 is 5.97 Å². The summed E-state index contributed by atoms with van der Waals surface area (Å²) in [5, 5.41) is 8.84. The van der Waals surface area contributed by atoms with Gasteiger partial charge in [-0.15, -0.1) is 11.3 Å². The largest absolute Gasteiger partial charge is 0.476 e. The molecule has 11 heavy (non-hydrogen) atoms. The molecule has 2 rings (SSSR count). The summed E-state index contributed by atoms with van der Waals surface area (Å²) in [6, 6.07) is 0. The maximum absolute atomic E-state index is 10.5. The minimum atomic E-state index is -0.899. The van der Waals surface area contributed by atoms with Gasteiger partial charge in [-0.2, -0.15) is 0 Å². The lowest BCUT2D eigenvalue weighted by atomic mass is 10.4. The quantitative estimate of drug-likeness (QED) is 0.690. The maximum Gasteiger partial charge on any atom is 0.365 e. The fraction of sp³-hybridized carbons (Fsp3) is 0.429. The molecule has 0 unspecified atom stereocenters. The molecule has 0 aromatic carbocycles. The molecule has 0 radical (unpaired) electrons. The lowest BCUT2D eigenvalue weighted by Crippen LogP contribution is -1.94. The van der Waals surface area contributed by atoms with Gasteiger partial charge < -0.3 is 5.11 Å². The molecule has 1 aliphatic carbocycles. The molecular weight excluding hydrogens is 162 g/mol. The van der Waals surface area contributed by atoms with Crippen LogP contribution in [0.3, 0.4) is 0 Å². The molecule has 0 aliphatic heterocycles. The summed E-state index contributed by atoms with van der Waals surface area (Å²) in [7, 11) is 0. The number of carbonyl (C=O) groups is 1. The van der Waals surface area contributed by atoms with Crippen LogP contribution < -0.4 is 0 Å². The van der Waals surface area contributed by atoms with Crippen LogP contribution in [0.1, 0.15) is 26.8 Å². The van der Waals surface area contributed by atoms with Gasteiger partial charge in [0.2, 0.25) is 5.01 Å². The van der Waals surface area contributed by atoms with Crippen molar-refractivity contribution in [3.63, 3.8) is 0 Å². The Labute approximate surface area is 67.7 Å². The number of hydrogen-bond donors (Lipinski definition) is 1. The van der Waals surface area contributed by atoms with Crippen molar-refractivity contribution >= 4 is 17.3 Å². The van der Waals surface area contributed by atoms with Gasteiger partial charge in [-0.1, -0.05) is 0 Å². The minimum Gasteiger partial charge on any atom is -0.476 e. The SMILES string of the molecule is O=C(O)c1nc2c(s1)CCC2. The van der Waals surface area contributed by atoms with E-state index in [1.807, 2.05) is 0 Å². The topological polar surface area (TPSA) is 50.2 Å². The molecule has 0 amide bonds. The molecule has 4 heteroatoms. The Morgan fingerprint density at radius 1 is 1.55 bits per heavy atom. The van der Waals surface area contributed by atoms with Crippen molar-refractivity contribution in [2.75, 3.05) is 0 Å². The third-order valence-electron chi connectivity index (χ3n) is 1.78. The van der Waals surface area contributed by atoms with Crippen LogP contribution in [-0.2, 0) is 12.8 Å². The summed E-state index contributed by atoms with van der Waals surface area (Å²) in [6.45, 7) is 0. The number of nitrogens with zero attached hydrogens (tertiary/aromatic N) is 1. The van der Waals surface area contributed by atoms with Gasteiger partial charge in [0.1, 0.15) is 0 Å². The van der Waals surface area contributed by atoms with Gasteiger partial charge in [-0.25, -0.2) is 9.78 Å². The molecule has 1 aliphatic rings. The van der Waals surface area contributed by atoms with Gasteiger partial charge in [-0.3, -0.25) is 0 Å². The Hall–Kier alpha value is -0.900. The Morgan fingerprint density at radius 3 is 3.00 bits per heavy atom. The summed E-state index contributed by atoms with van der Waals surface area (Å²) >= 11 is 1.32. The van der Waals surface area contributed by atoms with Gasteiger partial charge in [0.05, 0.1) is 5.69 Å². The van der Waals surface area contributed by atoms with Crippen LogP contribution in [0.5, 0.6) is 0 Å². The van der Waals surface area contributed by atoms with Crippen molar-refractivity contribution in [2.45, 2.75) is 19.3 Å². The predicted octanol–water partition coefficient (Wildman–Crippen LogP) is 1.33. The number of aromatic carboxylic acids is 1. The van der Waals surface area contributed by atoms with E-state index >= 15 is 0 Å². The second-order valence-corrected chi connectivity index (χ2v) is 3.63. The normalized spacial score (nSPS) is 14.9. The summed E-state index contributed by atoms with van der Waals surface area (Å²) in [6.07, 6.45) is 3.10. The number of fused-ring (bicyclic) bond motifs is 1. The number of aryl methyl sites for hydroxylation is 2. The Bertz CT molecular complexity index is 284. The molecule has 1 aromatic heterocycles. The fourth-order valence-corrected chi connectivity index (χ4v) is 2.27. The number of thiazole rings is 1. The molecule has 0 atom stereocenters. The van der Waals surface area contributed by atoms with Crippen molar-refractivity contribution in [1.29, 1.82) is 0 Å². The van der Waals surface area contributed by atoms with E-state index in [9.17, 15) is 4.79 Å². The van der Waals surface area contributed by atoms with Crippen LogP contribution in [0.15, 0.2) is 0 Å². The van der Waals surface area contributed by atoms with Gasteiger partial charge in [0, 0.05) is 4.88 Å². The number of aromatic nitrogens is 1. The Morgan fingerprint density at radius 2 is 2.36 bits per heavy atom. The summed E-state index contributed by atoms with van der Waals surface area (Å²) in [5.74, 6) is -0.899. The number of carboxylic acid groups (broad SMARTS) is 1. The molecule has 0 fully saturated rings. The van der Waals surface area contributed by atoms with Crippen LogP contribution in [0.2, 0.25) is 0 Å². The molecule has 1 N–H and O–H groups in total. The van der Waals surface area contributed by atoms with Gasteiger partial charge in [0.25, 0.3) is 0 Å². The maximum atomic E-state index is 10.5. The smallest absolute Gasteiger partial charge is 0.365 e. The van der Waals surface area contributed by atoms with Crippen molar-refractivity contribution in [3.05, 3.63) is 15.6 Å². The Balaban J connectivity index is 2.42. The minimum absolute atomic E-state index is 0.245. The van der Waals surface area contributed by atoms with E-state index in [0.717, 1.165) is 25.0 Å². The molecule has 0 saturated heterocycles. The van der Waals surface area contributed by atoms with E-state index in [-0.39, 0.29) is 5.01 Å². The summed E-state index contributed by atoms with van der Waals surface area (Å²) in [5.41, 5.74) is 1.01. The highest BCUT2D eigenvalue weighted by Crippen LogP contribution is 2.27. The highest BCUT2D eigenvalue weighted by atomic mass is 32.1. The number of rotatable bonds is 1. The number of hydrogen-bond acceptors (Lipinski definition) is 3. The molecule has 0 saturated carbocycles. The van der Waals surface area contributed by atoms with E-state index in [0.29, 0.717) is 0 Å². The fourth-order valence-electron chi connectivity index (χ4n) is 1.28. The third kappa shape index (κ3) is 1.03. The standard InChI is InChI=1S/C7H7NO2S/c9-7(10)6-8-4-2-1-3-5(4)11-6/h1-3H2,(H,9,10).